The quantitative estimate of drug-likeness (QED) is 0.808. The van der Waals surface area contributed by atoms with E-state index in [1.165, 1.54) is 38.5 Å². The summed E-state index contributed by atoms with van der Waals surface area (Å²) in [6.07, 6.45) is 9.70. The first kappa shape index (κ1) is 16.3. The molecule has 5 rings (SSSR count). The molecule has 1 amide bonds. The normalized spacial score (nSPS) is 26.0. The van der Waals surface area contributed by atoms with Gasteiger partial charge in [-0.3, -0.25) is 4.79 Å². The molecule has 3 nitrogen and oxygen atoms in total. The van der Waals surface area contributed by atoms with Gasteiger partial charge < -0.3 is 9.88 Å². The van der Waals surface area contributed by atoms with Crippen LogP contribution in [0.15, 0.2) is 22.8 Å². The van der Waals surface area contributed by atoms with E-state index in [1.54, 1.807) is 0 Å². The Morgan fingerprint density at radius 2 is 2.00 bits per heavy atom. The highest BCUT2D eigenvalue weighted by Crippen LogP contribution is 2.49. The monoisotopic (exact) mass is 384 g/mol. The van der Waals surface area contributed by atoms with Crippen LogP contribution in [-0.2, 0) is 7.05 Å². The maximum absolute atomic E-state index is 12.8. The van der Waals surface area contributed by atoms with Crippen LogP contribution in [0, 0.1) is 11.3 Å². The second-order valence-electron chi connectivity index (χ2n) is 7.71. The fraction of sp³-hybridized carbons (Fsp3) is 0.526. The Kier molecular flexibility index (Phi) is 4.02. The maximum atomic E-state index is 12.8. The summed E-state index contributed by atoms with van der Waals surface area (Å²) in [5.74, 6) is 0.940. The predicted octanol–water partition coefficient (Wildman–Crippen LogP) is 3.43. The molecule has 5 heteroatoms. The first-order valence-electron chi connectivity index (χ1n) is 8.80. The number of carbonyl (C=O) groups is 1. The summed E-state index contributed by atoms with van der Waals surface area (Å²) in [7, 11) is 8.13. The second kappa shape index (κ2) is 5.94. The Bertz CT molecular complexity index is 792. The number of benzene rings is 1. The van der Waals surface area contributed by atoms with Crippen molar-refractivity contribution in [1.82, 2.24) is 9.88 Å². The van der Waals surface area contributed by atoms with Gasteiger partial charge in [-0.1, -0.05) is 27.5 Å². The molecule has 3 fully saturated rings. The summed E-state index contributed by atoms with van der Waals surface area (Å²) in [6, 6.07) is 3.86. The molecule has 24 heavy (non-hydrogen) atoms. The number of nitrogens with zero attached hydrogens (tertiary/aromatic N) is 1. The molecule has 1 aromatic heterocycles. The summed E-state index contributed by atoms with van der Waals surface area (Å²) in [5.41, 5.74) is 2.63. The molecule has 2 radical (unpaired) electrons. The van der Waals surface area contributed by atoms with E-state index in [2.05, 4.69) is 21.2 Å². The van der Waals surface area contributed by atoms with E-state index in [1.807, 2.05) is 29.9 Å². The highest BCUT2D eigenvalue weighted by Gasteiger charge is 2.40. The molecule has 0 unspecified atom stereocenters. The third kappa shape index (κ3) is 2.71. The number of hydrogen-bond acceptors (Lipinski definition) is 1. The molecule has 1 heterocycles. The molecule has 3 saturated carbocycles. The number of rotatable bonds is 3. The number of nitrogens with one attached hydrogen (secondary N) is 1. The second-order valence-corrected chi connectivity index (χ2v) is 8.62. The smallest absolute Gasteiger partial charge is 0.253 e. The van der Waals surface area contributed by atoms with Crippen LogP contribution in [0.5, 0.6) is 0 Å². The molecule has 0 aliphatic heterocycles. The molecular formula is C19H22BBrN2O. The molecule has 0 atom stereocenters. The van der Waals surface area contributed by atoms with Crippen molar-refractivity contribution in [3.8, 4) is 0 Å². The minimum atomic E-state index is -0.00306. The van der Waals surface area contributed by atoms with Crippen LogP contribution in [0.4, 0.5) is 0 Å². The SMILES string of the molecule is [B]c1cc(Br)cc2c1c(C(=O)NCC13CCC(CC1)CC3)cn2C. The van der Waals surface area contributed by atoms with E-state index < -0.39 is 0 Å². The lowest BCUT2D eigenvalue weighted by Crippen LogP contribution is -2.43. The van der Waals surface area contributed by atoms with Gasteiger partial charge in [-0.05, 0) is 55.9 Å². The number of hydrogen-bond donors (Lipinski definition) is 1. The Hall–Kier alpha value is -1.23. The third-order valence-electron chi connectivity index (χ3n) is 6.20. The van der Waals surface area contributed by atoms with E-state index in [9.17, 15) is 4.79 Å². The lowest BCUT2D eigenvalue weighted by molar-refractivity contribution is 0.0598. The molecule has 2 bridgehead atoms. The van der Waals surface area contributed by atoms with Gasteiger partial charge in [0, 0.05) is 35.2 Å². The molecule has 0 spiro atoms. The van der Waals surface area contributed by atoms with Crippen LogP contribution >= 0.6 is 15.9 Å². The van der Waals surface area contributed by atoms with Gasteiger partial charge in [0.15, 0.2) is 0 Å². The molecule has 1 aromatic carbocycles. The lowest BCUT2D eigenvalue weighted by Gasteiger charge is -2.46. The molecule has 124 valence electrons. The summed E-state index contributed by atoms with van der Waals surface area (Å²) in [6.45, 7) is 0.797. The summed E-state index contributed by atoms with van der Waals surface area (Å²) in [4.78, 5) is 12.8. The number of amides is 1. The van der Waals surface area contributed by atoms with Gasteiger partial charge in [-0.15, -0.1) is 0 Å². The van der Waals surface area contributed by atoms with Crippen molar-refractivity contribution < 1.29 is 4.79 Å². The first-order valence-corrected chi connectivity index (χ1v) is 9.59. The zero-order valence-electron chi connectivity index (χ0n) is 14.1. The molecule has 2 aromatic rings. The van der Waals surface area contributed by atoms with Crippen LogP contribution in [0.1, 0.15) is 48.9 Å². The summed E-state index contributed by atoms with van der Waals surface area (Å²) < 4.78 is 2.90. The van der Waals surface area contributed by atoms with Crippen LogP contribution in [-0.4, -0.2) is 24.9 Å². The topological polar surface area (TPSA) is 34.0 Å². The highest BCUT2D eigenvalue weighted by atomic mass is 79.9. The Morgan fingerprint density at radius 1 is 1.33 bits per heavy atom. The van der Waals surface area contributed by atoms with Crippen molar-refractivity contribution in [2.45, 2.75) is 38.5 Å². The zero-order chi connectivity index (χ0) is 16.9. The van der Waals surface area contributed by atoms with Gasteiger partial charge in [0.25, 0.3) is 5.91 Å². The van der Waals surface area contributed by atoms with Gasteiger partial charge >= 0.3 is 0 Å². The Morgan fingerprint density at radius 3 is 2.67 bits per heavy atom. The molecule has 1 N–H and O–H groups in total. The van der Waals surface area contributed by atoms with Gasteiger partial charge in [-0.2, -0.15) is 0 Å². The molecule has 3 aliphatic carbocycles. The van der Waals surface area contributed by atoms with E-state index in [4.69, 9.17) is 7.85 Å². The van der Waals surface area contributed by atoms with Crippen molar-refractivity contribution in [1.29, 1.82) is 0 Å². The van der Waals surface area contributed by atoms with E-state index >= 15 is 0 Å². The van der Waals surface area contributed by atoms with E-state index in [0.717, 1.165) is 27.8 Å². The van der Waals surface area contributed by atoms with Crippen molar-refractivity contribution in [3.63, 3.8) is 0 Å². The van der Waals surface area contributed by atoms with E-state index in [-0.39, 0.29) is 5.91 Å². The van der Waals surface area contributed by atoms with Gasteiger partial charge in [-0.25, -0.2) is 0 Å². The third-order valence-corrected chi connectivity index (χ3v) is 6.66. The average Bonchev–Trinajstić information content (AvgIpc) is 2.92. The van der Waals surface area contributed by atoms with Crippen molar-refractivity contribution >= 4 is 46.0 Å². The maximum Gasteiger partial charge on any atom is 0.253 e. The van der Waals surface area contributed by atoms with Gasteiger partial charge in [0.1, 0.15) is 7.85 Å². The van der Waals surface area contributed by atoms with Gasteiger partial charge in [0.2, 0.25) is 0 Å². The van der Waals surface area contributed by atoms with Crippen molar-refractivity contribution in [2.24, 2.45) is 18.4 Å². The fourth-order valence-electron chi connectivity index (χ4n) is 4.65. The summed E-state index contributed by atoms with van der Waals surface area (Å²) >= 11 is 3.47. The number of halogens is 1. The number of aromatic nitrogens is 1. The fourth-order valence-corrected chi connectivity index (χ4v) is 5.12. The average molecular weight is 385 g/mol. The largest absolute Gasteiger partial charge is 0.351 e. The minimum absolute atomic E-state index is 0.00306. The highest BCUT2D eigenvalue weighted by molar-refractivity contribution is 9.10. The van der Waals surface area contributed by atoms with Crippen LogP contribution < -0.4 is 10.8 Å². The number of fused-ring (bicyclic) bond motifs is 4. The minimum Gasteiger partial charge on any atom is -0.351 e. The van der Waals surface area contributed by atoms with Crippen molar-refractivity contribution in [3.05, 3.63) is 28.4 Å². The molecular weight excluding hydrogens is 363 g/mol. The number of carbonyl (C=O) groups excluding carboxylic acids is 1. The first-order chi connectivity index (χ1) is 11.5. The Balaban J connectivity index is 1.58. The van der Waals surface area contributed by atoms with Crippen molar-refractivity contribution in [2.75, 3.05) is 6.54 Å². The number of aryl methyl sites for hydroxylation is 1. The van der Waals surface area contributed by atoms with E-state index in [0.29, 0.717) is 16.4 Å². The zero-order valence-corrected chi connectivity index (χ0v) is 15.7. The molecule has 0 saturated heterocycles. The Labute approximate surface area is 152 Å². The van der Waals surface area contributed by atoms with Crippen LogP contribution in [0.3, 0.4) is 0 Å². The van der Waals surface area contributed by atoms with Gasteiger partial charge in [0.05, 0.1) is 5.56 Å². The predicted molar refractivity (Wildman–Crippen MR) is 102 cm³/mol. The lowest BCUT2D eigenvalue weighted by atomic mass is 9.61. The summed E-state index contributed by atoms with van der Waals surface area (Å²) in [5, 5.41) is 4.06. The van der Waals surface area contributed by atoms with Crippen LogP contribution in [0.2, 0.25) is 0 Å². The standard InChI is InChI=1S/C19H22BBrN2O/c1-23-10-14(17-15(20)8-13(21)9-16(17)23)18(24)22-11-19-5-2-12(3-6-19)4-7-19/h8-10,12H,2-7,11H2,1H3,(H,22,24). The van der Waals surface area contributed by atoms with Crippen LogP contribution in [0.25, 0.3) is 10.9 Å². The molecule has 3 aliphatic rings.